The SMILES string of the molecule is CC(C)N1C=C2N(C(=O)CCN2S(=O)(=O)c2cccc(F)c2)C(Cc2ccc(Cl)cc2)C1=O. The van der Waals surface area contributed by atoms with E-state index in [1.54, 1.807) is 38.1 Å². The molecule has 33 heavy (non-hydrogen) atoms. The number of rotatable bonds is 5. The molecule has 0 N–H and O–H groups in total. The predicted octanol–water partition coefficient (Wildman–Crippen LogP) is 3.36. The monoisotopic (exact) mass is 491 g/mol. The molecule has 0 radical (unpaired) electrons. The number of fused-ring (bicyclic) bond motifs is 1. The zero-order valence-electron chi connectivity index (χ0n) is 18.1. The topological polar surface area (TPSA) is 78.0 Å². The number of benzene rings is 2. The van der Waals surface area contributed by atoms with Crippen LogP contribution in [0, 0.1) is 5.82 Å². The zero-order valence-corrected chi connectivity index (χ0v) is 19.7. The third kappa shape index (κ3) is 4.35. The molecule has 2 aliphatic heterocycles. The lowest BCUT2D eigenvalue weighted by molar-refractivity contribution is -0.148. The smallest absolute Gasteiger partial charge is 0.265 e. The number of carbonyl (C=O) groups excluding carboxylic acids is 2. The molecule has 10 heteroatoms. The quantitative estimate of drug-likeness (QED) is 0.642. The van der Waals surface area contributed by atoms with Crippen molar-refractivity contribution in [2.75, 3.05) is 6.54 Å². The number of hydrogen-bond donors (Lipinski definition) is 0. The minimum atomic E-state index is -4.17. The lowest BCUT2D eigenvalue weighted by Crippen LogP contribution is -2.61. The number of nitrogens with zero attached hydrogens (tertiary/aromatic N) is 3. The van der Waals surface area contributed by atoms with Crippen LogP contribution in [0.15, 0.2) is 65.4 Å². The summed E-state index contributed by atoms with van der Waals surface area (Å²) in [6.45, 7) is 3.51. The molecule has 174 valence electrons. The van der Waals surface area contributed by atoms with Crippen LogP contribution >= 0.6 is 11.6 Å². The van der Waals surface area contributed by atoms with Crippen molar-refractivity contribution >= 4 is 33.4 Å². The zero-order chi connectivity index (χ0) is 23.9. The highest BCUT2D eigenvalue weighted by atomic mass is 35.5. The first-order valence-electron chi connectivity index (χ1n) is 10.5. The van der Waals surface area contributed by atoms with Crippen molar-refractivity contribution in [1.82, 2.24) is 14.1 Å². The van der Waals surface area contributed by atoms with E-state index >= 15 is 0 Å². The predicted molar refractivity (Wildman–Crippen MR) is 121 cm³/mol. The van der Waals surface area contributed by atoms with Crippen molar-refractivity contribution in [2.24, 2.45) is 0 Å². The second-order valence-corrected chi connectivity index (χ2v) is 10.5. The van der Waals surface area contributed by atoms with Crippen molar-refractivity contribution in [2.45, 2.75) is 43.7 Å². The van der Waals surface area contributed by atoms with Crippen LogP contribution < -0.4 is 0 Å². The molecule has 0 aromatic heterocycles. The van der Waals surface area contributed by atoms with Gasteiger partial charge in [0.25, 0.3) is 10.0 Å². The van der Waals surface area contributed by atoms with Gasteiger partial charge < -0.3 is 4.90 Å². The molecule has 1 fully saturated rings. The van der Waals surface area contributed by atoms with E-state index < -0.39 is 21.9 Å². The largest absolute Gasteiger partial charge is 0.311 e. The van der Waals surface area contributed by atoms with Crippen LogP contribution in [0.4, 0.5) is 4.39 Å². The standard InChI is InChI=1S/C23H23ClFN3O4S/c1-15(2)26-14-21-27(33(31,32)19-5-3-4-18(25)13-19)11-10-22(29)28(21)20(23(26)30)12-16-6-8-17(24)9-7-16/h3-9,13-15,20H,10-12H2,1-2H3. The van der Waals surface area contributed by atoms with Crippen LogP contribution in [-0.2, 0) is 26.0 Å². The van der Waals surface area contributed by atoms with Gasteiger partial charge in [0.1, 0.15) is 17.7 Å². The fourth-order valence-corrected chi connectivity index (χ4v) is 5.64. The summed E-state index contributed by atoms with van der Waals surface area (Å²) >= 11 is 5.97. The van der Waals surface area contributed by atoms with Crippen molar-refractivity contribution in [3.8, 4) is 0 Å². The molecule has 2 aromatic carbocycles. The minimum absolute atomic E-state index is 0.0859. The third-order valence-corrected chi connectivity index (χ3v) is 7.74. The Bertz CT molecular complexity index is 1230. The second kappa shape index (κ2) is 8.79. The highest BCUT2D eigenvalue weighted by Gasteiger charge is 2.46. The summed E-state index contributed by atoms with van der Waals surface area (Å²) in [6, 6.07) is 10.5. The maximum Gasteiger partial charge on any atom is 0.265 e. The molecular weight excluding hydrogens is 469 g/mol. The molecule has 7 nitrogen and oxygen atoms in total. The fourth-order valence-electron chi connectivity index (χ4n) is 4.03. The molecule has 1 unspecified atom stereocenters. The number of sulfonamides is 1. The summed E-state index contributed by atoms with van der Waals surface area (Å²) in [5, 5.41) is 0.541. The van der Waals surface area contributed by atoms with E-state index in [-0.39, 0.29) is 48.0 Å². The van der Waals surface area contributed by atoms with E-state index in [4.69, 9.17) is 11.6 Å². The Morgan fingerprint density at radius 3 is 2.45 bits per heavy atom. The summed E-state index contributed by atoms with van der Waals surface area (Å²) in [5.74, 6) is -1.24. The molecule has 1 saturated heterocycles. The van der Waals surface area contributed by atoms with Crippen LogP contribution in [-0.4, -0.2) is 53.0 Å². The number of carbonyl (C=O) groups is 2. The molecule has 0 aliphatic carbocycles. The Kier molecular flexibility index (Phi) is 6.20. The molecule has 2 heterocycles. The highest BCUT2D eigenvalue weighted by Crippen LogP contribution is 2.34. The molecule has 0 spiro atoms. The molecule has 0 bridgehead atoms. The molecule has 1 atom stereocenters. The Morgan fingerprint density at radius 2 is 1.82 bits per heavy atom. The average Bonchev–Trinajstić information content (AvgIpc) is 2.76. The van der Waals surface area contributed by atoms with Gasteiger partial charge in [-0.15, -0.1) is 0 Å². The molecule has 4 rings (SSSR count). The van der Waals surface area contributed by atoms with E-state index in [0.717, 1.165) is 22.0 Å². The maximum absolute atomic E-state index is 13.8. The van der Waals surface area contributed by atoms with Gasteiger partial charge in [0, 0.05) is 36.7 Å². The second-order valence-electron chi connectivity index (χ2n) is 8.22. The van der Waals surface area contributed by atoms with Crippen LogP contribution in [0.1, 0.15) is 25.8 Å². The minimum Gasteiger partial charge on any atom is -0.311 e. The molecule has 2 amide bonds. The van der Waals surface area contributed by atoms with Crippen molar-refractivity contribution in [3.63, 3.8) is 0 Å². The summed E-state index contributed by atoms with van der Waals surface area (Å²) in [4.78, 5) is 28.8. The molecule has 2 aromatic rings. The van der Waals surface area contributed by atoms with E-state index in [0.29, 0.717) is 5.02 Å². The molecular formula is C23H23ClFN3O4S. The van der Waals surface area contributed by atoms with Crippen LogP contribution in [0.2, 0.25) is 5.02 Å². The van der Waals surface area contributed by atoms with Crippen LogP contribution in [0.3, 0.4) is 0 Å². The van der Waals surface area contributed by atoms with Crippen molar-refractivity contribution < 1.29 is 22.4 Å². The average molecular weight is 492 g/mol. The van der Waals surface area contributed by atoms with Crippen molar-refractivity contribution in [3.05, 3.63) is 77.0 Å². The number of halogens is 2. The highest BCUT2D eigenvalue weighted by molar-refractivity contribution is 7.89. The van der Waals surface area contributed by atoms with Gasteiger partial charge in [0.05, 0.1) is 4.90 Å². The first-order chi connectivity index (χ1) is 15.6. The van der Waals surface area contributed by atoms with Gasteiger partial charge in [-0.1, -0.05) is 29.8 Å². The van der Waals surface area contributed by atoms with E-state index in [2.05, 4.69) is 0 Å². The van der Waals surface area contributed by atoms with Gasteiger partial charge >= 0.3 is 0 Å². The van der Waals surface area contributed by atoms with Crippen LogP contribution in [0.5, 0.6) is 0 Å². The van der Waals surface area contributed by atoms with Gasteiger partial charge in [0.15, 0.2) is 0 Å². The summed E-state index contributed by atoms with van der Waals surface area (Å²) in [5.41, 5.74) is 0.778. The molecule has 0 saturated carbocycles. The Hall–Kier alpha value is -2.91. The lowest BCUT2D eigenvalue weighted by atomic mass is 10.00. The third-order valence-electron chi connectivity index (χ3n) is 5.69. The lowest BCUT2D eigenvalue weighted by Gasteiger charge is -2.46. The maximum atomic E-state index is 13.8. The van der Waals surface area contributed by atoms with Crippen molar-refractivity contribution in [1.29, 1.82) is 0 Å². The van der Waals surface area contributed by atoms with Crippen LogP contribution in [0.25, 0.3) is 0 Å². The van der Waals surface area contributed by atoms with E-state index in [1.807, 2.05) is 0 Å². The number of hydrogen-bond acceptors (Lipinski definition) is 4. The summed E-state index contributed by atoms with van der Waals surface area (Å²) in [6.07, 6.45) is 1.49. The van der Waals surface area contributed by atoms with Gasteiger partial charge in [-0.2, -0.15) is 0 Å². The fraction of sp³-hybridized carbons (Fsp3) is 0.304. The van der Waals surface area contributed by atoms with Gasteiger partial charge in [-0.05, 0) is 49.7 Å². The first kappa shape index (κ1) is 23.3. The summed E-state index contributed by atoms with van der Waals surface area (Å²) in [7, 11) is -4.17. The van der Waals surface area contributed by atoms with E-state index in [9.17, 15) is 22.4 Å². The Balaban J connectivity index is 1.80. The normalized spacial score (nSPS) is 19.1. The summed E-state index contributed by atoms with van der Waals surface area (Å²) < 4.78 is 41.7. The van der Waals surface area contributed by atoms with Gasteiger partial charge in [-0.3, -0.25) is 14.5 Å². The van der Waals surface area contributed by atoms with Gasteiger partial charge in [-0.25, -0.2) is 17.1 Å². The Morgan fingerprint density at radius 1 is 1.12 bits per heavy atom. The first-order valence-corrected chi connectivity index (χ1v) is 12.3. The van der Waals surface area contributed by atoms with Gasteiger partial charge in [0.2, 0.25) is 11.8 Å². The van der Waals surface area contributed by atoms with E-state index in [1.165, 1.54) is 28.1 Å². The number of amides is 2. The molecule has 2 aliphatic rings. The Labute approximate surface area is 197 Å².